The van der Waals surface area contributed by atoms with Gasteiger partial charge >= 0.3 is 0 Å². The second-order valence-corrected chi connectivity index (χ2v) is 5.25. The van der Waals surface area contributed by atoms with Gasteiger partial charge in [0.1, 0.15) is 23.2 Å². The summed E-state index contributed by atoms with van der Waals surface area (Å²) in [6, 6.07) is 9.96. The standard InChI is InChI=1S/C15H13ClFNOS/c1-9-6-11(16)3-5-14(9)19-8-10-2-4-13(17)12(7-10)15(18)20/h2-7H,8H2,1H3,(H2,18,20). The molecule has 104 valence electrons. The van der Waals surface area contributed by atoms with Crippen LogP contribution in [0.3, 0.4) is 0 Å². The van der Waals surface area contributed by atoms with Crippen molar-refractivity contribution >= 4 is 28.8 Å². The molecule has 20 heavy (non-hydrogen) atoms. The molecule has 0 unspecified atom stereocenters. The fraction of sp³-hybridized carbons (Fsp3) is 0.133. The molecule has 2 rings (SSSR count). The zero-order valence-electron chi connectivity index (χ0n) is 10.8. The molecule has 0 spiro atoms. The molecule has 0 bridgehead atoms. The number of thiocarbonyl (C=S) groups is 1. The Morgan fingerprint density at radius 2 is 2.05 bits per heavy atom. The second kappa shape index (κ2) is 6.20. The van der Waals surface area contributed by atoms with E-state index in [0.717, 1.165) is 16.9 Å². The minimum Gasteiger partial charge on any atom is -0.489 e. The van der Waals surface area contributed by atoms with E-state index in [2.05, 4.69) is 0 Å². The topological polar surface area (TPSA) is 35.2 Å². The first-order valence-electron chi connectivity index (χ1n) is 5.94. The molecule has 2 aromatic rings. The minimum absolute atomic E-state index is 0.0343. The summed E-state index contributed by atoms with van der Waals surface area (Å²) < 4.78 is 19.2. The van der Waals surface area contributed by atoms with Gasteiger partial charge in [-0.3, -0.25) is 0 Å². The predicted octanol–water partition coefficient (Wildman–Crippen LogP) is 4.00. The number of nitrogens with two attached hydrogens (primary N) is 1. The van der Waals surface area contributed by atoms with E-state index in [-0.39, 0.29) is 10.6 Å². The molecule has 2 nitrogen and oxygen atoms in total. The Kier molecular flexibility index (Phi) is 4.57. The van der Waals surface area contributed by atoms with Crippen LogP contribution in [0.15, 0.2) is 36.4 Å². The van der Waals surface area contributed by atoms with E-state index in [9.17, 15) is 4.39 Å². The van der Waals surface area contributed by atoms with Crippen LogP contribution in [0.2, 0.25) is 5.02 Å². The molecule has 0 saturated heterocycles. The summed E-state index contributed by atoms with van der Waals surface area (Å²) in [5, 5.41) is 0.660. The maximum absolute atomic E-state index is 13.5. The van der Waals surface area contributed by atoms with Gasteiger partial charge in [-0.2, -0.15) is 0 Å². The molecule has 0 heterocycles. The van der Waals surface area contributed by atoms with E-state index in [1.165, 1.54) is 6.07 Å². The Bertz CT molecular complexity index is 660. The molecular weight excluding hydrogens is 297 g/mol. The van der Waals surface area contributed by atoms with E-state index < -0.39 is 5.82 Å². The van der Waals surface area contributed by atoms with Crippen molar-refractivity contribution in [2.45, 2.75) is 13.5 Å². The SMILES string of the molecule is Cc1cc(Cl)ccc1OCc1ccc(F)c(C(N)=S)c1. The Morgan fingerprint density at radius 1 is 1.30 bits per heavy atom. The number of aryl methyl sites for hydroxylation is 1. The molecule has 0 aliphatic heterocycles. The zero-order valence-corrected chi connectivity index (χ0v) is 12.4. The lowest BCUT2D eigenvalue weighted by Crippen LogP contribution is -2.12. The molecular formula is C15H13ClFNOS. The molecule has 0 aliphatic carbocycles. The number of benzene rings is 2. The summed E-state index contributed by atoms with van der Waals surface area (Å²) >= 11 is 10.7. The molecule has 0 atom stereocenters. The van der Waals surface area contributed by atoms with E-state index in [4.69, 9.17) is 34.3 Å². The highest BCUT2D eigenvalue weighted by atomic mass is 35.5. The van der Waals surface area contributed by atoms with Crippen LogP contribution in [0.25, 0.3) is 0 Å². The van der Waals surface area contributed by atoms with Crippen molar-refractivity contribution < 1.29 is 9.13 Å². The third-order valence-electron chi connectivity index (χ3n) is 2.83. The van der Waals surface area contributed by atoms with Crippen LogP contribution in [-0.2, 0) is 6.61 Å². The monoisotopic (exact) mass is 309 g/mol. The molecule has 0 radical (unpaired) electrons. The molecule has 0 aliphatic rings. The highest BCUT2D eigenvalue weighted by molar-refractivity contribution is 7.80. The van der Waals surface area contributed by atoms with Crippen LogP contribution in [0.4, 0.5) is 4.39 Å². The second-order valence-electron chi connectivity index (χ2n) is 4.38. The van der Waals surface area contributed by atoms with Gasteiger partial charge < -0.3 is 10.5 Å². The quantitative estimate of drug-likeness (QED) is 0.867. The largest absolute Gasteiger partial charge is 0.489 e. The molecule has 5 heteroatoms. The fourth-order valence-corrected chi connectivity index (χ4v) is 2.17. The summed E-state index contributed by atoms with van der Waals surface area (Å²) in [6.45, 7) is 2.21. The Balaban J connectivity index is 2.15. The minimum atomic E-state index is -0.427. The van der Waals surface area contributed by atoms with E-state index in [1.54, 1.807) is 24.3 Å². The number of hydrogen-bond donors (Lipinski definition) is 1. The van der Waals surface area contributed by atoms with Crippen LogP contribution in [0.5, 0.6) is 5.75 Å². The van der Waals surface area contributed by atoms with Gasteiger partial charge in [0.05, 0.1) is 0 Å². The van der Waals surface area contributed by atoms with Crippen molar-refractivity contribution in [3.63, 3.8) is 0 Å². The van der Waals surface area contributed by atoms with Gasteiger partial charge in [0.15, 0.2) is 0 Å². The lowest BCUT2D eigenvalue weighted by Gasteiger charge is -2.10. The lowest BCUT2D eigenvalue weighted by atomic mass is 10.1. The summed E-state index contributed by atoms with van der Waals surface area (Å²) in [5.41, 5.74) is 7.43. The Morgan fingerprint density at radius 3 is 2.70 bits per heavy atom. The van der Waals surface area contributed by atoms with Crippen LogP contribution in [0.1, 0.15) is 16.7 Å². The van der Waals surface area contributed by atoms with Crippen molar-refractivity contribution in [2.24, 2.45) is 5.73 Å². The highest BCUT2D eigenvalue weighted by Crippen LogP contribution is 2.23. The van der Waals surface area contributed by atoms with E-state index in [1.807, 2.05) is 13.0 Å². The maximum atomic E-state index is 13.5. The average Bonchev–Trinajstić information content (AvgIpc) is 2.39. The van der Waals surface area contributed by atoms with Crippen molar-refractivity contribution in [1.29, 1.82) is 0 Å². The van der Waals surface area contributed by atoms with E-state index >= 15 is 0 Å². The normalized spacial score (nSPS) is 10.3. The maximum Gasteiger partial charge on any atom is 0.133 e. The van der Waals surface area contributed by atoms with Crippen molar-refractivity contribution in [3.05, 3.63) is 63.9 Å². The first kappa shape index (κ1) is 14.8. The zero-order chi connectivity index (χ0) is 14.7. The summed E-state index contributed by atoms with van der Waals surface area (Å²) in [7, 11) is 0. The van der Waals surface area contributed by atoms with Crippen molar-refractivity contribution in [3.8, 4) is 5.75 Å². The number of ether oxygens (including phenoxy) is 1. The first-order valence-corrected chi connectivity index (χ1v) is 6.73. The summed E-state index contributed by atoms with van der Waals surface area (Å²) in [6.07, 6.45) is 0. The first-order chi connectivity index (χ1) is 9.47. The molecule has 2 aromatic carbocycles. The number of hydrogen-bond acceptors (Lipinski definition) is 2. The third kappa shape index (κ3) is 3.46. The summed E-state index contributed by atoms with van der Waals surface area (Å²) in [5.74, 6) is 0.305. The lowest BCUT2D eigenvalue weighted by molar-refractivity contribution is 0.304. The number of rotatable bonds is 4. The van der Waals surface area contributed by atoms with Gasteiger partial charge in [0, 0.05) is 10.6 Å². The molecule has 0 saturated carbocycles. The number of halogens is 2. The van der Waals surface area contributed by atoms with Gasteiger partial charge in [-0.15, -0.1) is 0 Å². The molecule has 2 N–H and O–H groups in total. The fourth-order valence-electron chi connectivity index (χ4n) is 1.79. The Labute approximate surface area is 127 Å². The van der Waals surface area contributed by atoms with Crippen LogP contribution in [-0.4, -0.2) is 4.99 Å². The van der Waals surface area contributed by atoms with Gasteiger partial charge in [-0.25, -0.2) is 4.39 Å². The smallest absolute Gasteiger partial charge is 0.133 e. The van der Waals surface area contributed by atoms with Gasteiger partial charge in [0.25, 0.3) is 0 Å². The van der Waals surface area contributed by atoms with Crippen molar-refractivity contribution in [1.82, 2.24) is 0 Å². The third-order valence-corrected chi connectivity index (χ3v) is 3.28. The average molecular weight is 310 g/mol. The van der Waals surface area contributed by atoms with Gasteiger partial charge in [-0.1, -0.05) is 29.9 Å². The molecule has 0 amide bonds. The molecule has 0 fully saturated rings. The van der Waals surface area contributed by atoms with Crippen molar-refractivity contribution in [2.75, 3.05) is 0 Å². The van der Waals surface area contributed by atoms with Gasteiger partial charge in [-0.05, 0) is 48.4 Å². The predicted molar refractivity (Wildman–Crippen MR) is 82.8 cm³/mol. The molecule has 0 aromatic heterocycles. The highest BCUT2D eigenvalue weighted by Gasteiger charge is 2.07. The Hall–Kier alpha value is -1.65. The summed E-state index contributed by atoms with van der Waals surface area (Å²) in [4.78, 5) is 0.0343. The van der Waals surface area contributed by atoms with Crippen LogP contribution < -0.4 is 10.5 Å². The van der Waals surface area contributed by atoms with Crippen LogP contribution in [0, 0.1) is 12.7 Å². The van der Waals surface area contributed by atoms with Crippen LogP contribution >= 0.6 is 23.8 Å². The van der Waals surface area contributed by atoms with Gasteiger partial charge in [0.2, 0.25) is 0 Å². The van der Waals surface area contributed by atoms with E-state index in [0.29, 0.717) is 11.6 Å².